The lowest BCUT2D eigenvalue weighted by molar-refractivity contribution is -0.118. The van der Waals surface area contributed by atoms with Gasteiger partial charge < -0.3 is 4.74 Å². The third-order valence-electron chi connectivity index (χ3n) is 1.71. The van der Waals surface area contributed by atoms with Gasteiger partial charge in [-0.15, -0.1) is 6.42 Å². The van der Waals surface area contributed by atoms with Gasteiger partial charge in [0, 0.05) is 13.0 Å². The lowest BCUT2D eigenvalue weighted by atomic mass is 10.3. The fourth-order valence-corrected chi connectivity index (χ4v) is 1.50. The molecule has 6 heteroatoms. The van der Waals surface area contributed by atoms with Crippen LogP contribution in [-0.4, -0.2) is 12.5 Å². The molecule has 0 spiro atoms. The van der Waals surface area contributed by atoms with Crippen LogP contribution >= 0.6 is 23.2 Å². The van der Waals surface area contributed by atoms with E-state index in [1.165, 1.54) is 13.0 Å². The third-order valence-corrected chi connectivity index (χ3v) is 2.31. The summed E-state index contributed by atoms with van der Waals surface area (Å²) in [5.41, 5.74) is 5.50. The number of rotatable bonds is 4. The molecule has 1 amide bonds. The third kappa shape index (κ3) is 4.06. The maximum absolute atomic E-state index is 10.8. The molecule has 1 rings (SSSR count). The van der Waals surface area contributed by atoms with Crippen molar-refractivity contribution >= 4 is 34.8 Å². The van der Waals surface area contributed by atoms with Gasteiger partial charge in [-0.05, 0) is 6.07 Å². The molecule has 17 heavy (non-hydrogen) atoms. The predicted molar refractivity (Wildman–Crippen MR) is 68.2 cm³/mol. The van der Waals surface area contributed by atoms with Gasteiger partial charge in [0.15, 0.2) is 0 Å². The van der Waals surface area contributed by atoms with Crippen molar-refractivity contribution < 1.29 is 9.53 Å². The zero-order chi connectivity index (χ0) is 12.8. The maximum Gasteiger partial charge on any atom is 0.235 e. The van der Waals surface area contributed by atoms with E-state index in [0.717, 1.165) is 0 Å². The lowest BCUT2D eigenvalue weighted by Crippen LogP contribution is -2.26. The Hall–Kier alpha value is -1.57. The topological polar surface area (TPSA) is 50.4 Å². The van der Waals surface area contributed by atoms with Gasteiger partial charge in [0.25, 0.3) is 0 Å². The van der Waals surface area contributed by atoms with E-state index in [0.29, 0.717) is 21.5 Å². The molecule has 1 aromatic rings. The van der Waals surface area contributed by atoms with Crippen LogP contribution in [0.1, 0.15) is 6.92 Å². The van der Waals surface area contributed by atoms with Crippen LogP contribution in [0.25, 0.3) is 0 Å². The smallest absolute Gasteiger partial charge is 0.235 e. The van der Waals surface area contributed by atoms with E-state index in [9.17, 15) is 4.79 Å². The number of nitrogens with one attached hydrogen (secondary N) is 2. The zero-order valence-corrected chi connectivity index (χ0v) is 10.5. The van der Waals surface area contributed by atoms with Crippen LogP contribution in [0.4, 0.5) is 5.69 Å². The van der Waals surface area contributed by atoms with Gasteiger partial charge in [-0.1, -0.05) is 29.1 Å². The molecule has 0 unspecified atom stereocenters. The number of terminal acetylenes is 1. The monoisotopic (exact) mass is 272 g/mol. The summed E-state index contributed by atoms with van der Waals surface area (Å²) in [7, 11) is 0. The number of hydrogen-bond donors (Lipinski definition) is 2. The van der Waals surface area contributed by atoms with Crippen molar-refractivity contribution in [3.05, 3.63) is 22.2 Å². The van der Waals surface area contributed by atoms with Crippen LogP contribution in [0.5, 0.6) is 5.75 Å². The highest BCUT2D eigenvalue weighted by atomic mass is 35.5. The Morgan fingerprint density at radius 2 is 2.18 bits per heavy atom. The average molecular weight is 273 g/mol. The van der Waals surface area contributed by atoms with E-state index in [1.54, 1.807) is 6.07 Å². The Morgan fingerprint density at radius 1 is 1.47 bits per heavy atom. The Kier molecular flexibility index (Phi) is 4.95. The average Bonchev–Trinajstić information content (AvgIpc) is 2.26. The molecule has 1 aromatic carbocycles. The first-order chi connectivity index (χ1) is 8.04. The van der Waals surface area contributed by atoms with Crippen molar-refractivity contribution in [3.63, 3.8) is 0 Å². The summed E-state index contributed by atoms with van der Waals surface area (Å²) < 4.78 is 5.21. The second-order valence-electron chi connectivity index (χ2n) is 3.06. The fraction of sp³-hybridized carbons (Fsp3) is 0.182. The van der Waals surface area contributed by atoms with E-state index in [2.05, 4.69) is 16.8 Å². The van der Waals surface area contributed by atoms with Crippen LogP contribution in [-0.2, 0) is 4.79 Å². The molecule has 2 N–H and O–H groups in total. The van der Waals surface area contributed by atoms with Crippen molar-refractivity contribution in [2.75, 3.05) is 12.0 Å². The predicted octanol–water partition coefficient (Wildman–Crippen LogP) is 2.47. The summed E-state index contributed by atoms with van der Waals surface area (Å²) in [5, 5.41) is 0.704. The van der Waals surface area contributed by atoms with Crippen molar-refractivity contribution in [1.82, 2.24) is 5.43 Å². The summed E-state index contributed by atoms with van der Waals surface area (Å²) in [6.45, 7) is 1.47. The van der Waals surface area contributed by atoms with Gasteiger partial charge in [0.2, 0.25) is 5.91 Å². The maximum atomic E-state index is 10.8. The minimum absolute atomic E-state index is 0.0981. The Bertz CT molecular complexity index is 469. The van der Waals surface area contributed by atoms with Gasteiger partial charge in [0.05, 0.1) is 15.7 Å². The molecular weight excluding hydrogens is 263 g/mol. The SMILES string of the molecule is C#CCOc1cc(NNC(C)=O)c(Cl)cc1Cl. The number of amides is 1. The molecule has 90 valence electrons. The normalized spacial score (nSPS) is 9.29. The molecule has 0 aliphatic rings. The standard InChI is InChI=1S/C11H10Cl2N2O2/c1-3-4-17-11-6-10(15-14-7(2)16)8(12)5-9(11)13/h1,5-6,15H,4H2,2H3,(H,14,16). The number of hydrazine groups is 1. The van der Waals surface area contributed by atoms with E-state index < -0.39 is 0 Å². The minimum atomic E-state index is -0.248. The molecule has 0 saturated carbocycles. The van der Waals surface area contributed by atoms with Crippen molar-refractivity contribution in [2.24, 2.45) is 0 Å². The van der Waals surface area contributed by atoms with Crippen molar-refractivity contribution in [1.29, 1.82) is 0 Å². The quantitative estimate of drug-likeness (QED) is 0.654. The van der Waals surface area contributed by atoms with Gasteiger partial charge in [-0.25, -0.2) is 0 Å². The molecule has 0 radical (unpaired) electrons. The van der Waals surface area contributed by atoms with E-state index >= 15 is 0 Å². The van der Waals surface area contributed by atoms with Gasteiger partial charge >= 0.3 is 0 Å². The van der Waals surface area contributed by atoms with E-state index in [4.69, 9.17) is 34.4 Å². The van der Waals surface area contributed by atoms with Crippen LogP contribution in [0.15, 0.2) is 12.1 Å². The number of halogens is 2. The molecule has 0 heterocycles. The molecule has 0 bridgehead atoms. The van der Waals surface area contributed by atoms with Crippen molar-refractivity contribution in [3.8, 4) is 18.1 Å². The molecule has 0 aliphatic carbocycles. The zero-order valence-electron chi connectivity index (χ0n) is 9.01. The molecule has 4 nitrogen and oxygen atoms in total. The number of anilines is 1. The Labute approximate surface area is 109 Å². The molecule has 0 fully saturated rings. The molecule has 0 aliphatic heterocycles. The summed E-state index contributed by atoms with van der Waals surface area (Å²) in [4.78, 5) is 10.8. The number of carbonyl (C=O) groups is 1. The number of hydrogen-bond acceptors (Lipinski definition) is 3. The molecular formula is C11H10Cl2N2O2. The largest absolute Gasteiger partial charge is 0.479 e. The summed E-state index contributed by atoms with van der Waals surface area (Å²) in [6, 6.07) is 3.05. The molecule has 0 saturated heterocycles. The van der Waals surface area contributed by atoms with Crippen LogP contribution in [0.3, 0.4) is 0 Å². The van der Waals surface area contributed by atoms with Gasteiger partial charge in [0.1, 0.15) is 12.4 Å². The van der Waals surface area contributed by atoms with Crippen LogP contribution < -0.4 is 15.6 Å². The second kappa shape index (κ2) is 6.24. The summed E-state index contributed by atoms with van der Waals surface area (Å²) >= 11 is 11.8. The highest BCUT2D eigenvalue weighted by Gasteiger charge is 2.08. The highest BCUT2D eigenvalue weighted by Crippen LogP contribution is 2.33. The minimum Gasteiger partial charge on any atom is -0.479 e. The van der Waals surface area contributed by atoms with E-state index in [1.807, 2.05) is 0 Å². The first-order valence-electron chi connectivity index (χ1n) is 4.62. The van der Waals surface area contributed by atoms with Crippen molar-refractivity contribution in [2.45, 2.75) is 6.92 Å². The van der Waals surface area contributed by atoms with E-state index in [-0.39, 0.29) is 12.5 Å². The van der Waals surface area contributed by atoms with Gasteiger partial charge in [-0.2, -0.15) is 0 Å². The number of benzene rings is 1. The fourth-order valence-electron chi connectivity index (χ4n) is 1.01. The van der Waals surface area contributed by atoms with Crippen LogP contribution in [0, 0.1) is 12.3 Å². The first kappa shape index (κ1) is 13.5. The summed E-state index contributed by atoms with van der Waals surface area (Å²) in [6.07, 6.45) is 5.08. The second-order valence-corrected chi connectivity index (χ2v) is 3.88. The lowest BCUT2D eigenvalue weighted by Gasteiger charge is -2.12. The molecule has 0 aromatic heterocycles. The highest BCUT2D eigenvalue weighted by molar-refractivity contribution is 6.37. The Balaban J connectivity index is 2.89. The number of ether oxygens (including phenoxy) is 1. The number of carbonyl (C=O) groups excluding carboxylic acids is 1. The Morgan fingerprint density at radius 3 is 2.76 bits per heavy atom. The van der Waals surface area contributed by atoms with Crippen LogP contribution in [0.2, 0.25) is 10.0 Å². The van der Waals surface area contributed by atoms with Gasteiger partial charge in [-0.3, -0.25) is 15.6 Å². The summed E-state index contributed by atoms with van der Waals surface area (Å²) in [5.74, 6) is 2.47. The molecule has 0 atom stereocenters. The first-order valence-corrected chi connectivity index (χ1v) is 5.38.